The van der Waals surface area contributed by atoms with Crippen LogP contribution in [-0.2, 0) is 0 Å². The van der Waals surface area contributed by atoms with Crippen molar-refractivity contribution in [3.63, 3.8) is 0 Å². The fraction of sp³-hybridized carbons (Fsp3) is 0.231. The summed E-state index contributed by atoms with van der Waals surface area (Å²) >= 11 is 0. The number of nitrogens with one attached hydrogen (secondary N) is 1. The first kappa shape index (κ1) is 11.7. The third-order valence-corrected chi connectivity index (χ3v) is 2.76. The fourth-order valence-corrected chi connectivity index (χ4v) is 1.82. The lowest BCUT2D eigenvalue weighted by molar-refractivity contribution is 0.411. The van der Waals surface area contributed by atoms with Crippen molar-refractivity contribution in [1.82, 2.24) is 5.43 Å². The van der Waals surface area contributed by atoms with E-state index in [1.807, 2.05) is 37.3 Å². The summed E-state index contributed by atoms with van der Waals surface area (Å²) in [7, 11) is 1.64. The zero-order valence-electron chi connectivity index (χ0n) is 9.94. The van der Waals surface area contributed by atoms with E-state index in [0.717, 1.165) is 22.6 Å². The number of rotatable bonds is 4. The van der Waals surface area contributed by atoms with Crippen LogP contribution in [0.3, 0.4) is 0 Å². The molecule has 90 valence electrons. The van der Waals surface area contributed by atoms with Crippen LogP contribution in [0.5, 0.6) is 5.75 Å². The van der Waals surface area contributed by atoms with Crippen molar-refractivity contribution in [3.05, 3.63) is 53.5 Å². The molecule has 1 unspecified atom stereocenters. The van der Waals surface area contributed by atoms with E-state index >= 15 is 0 Å². The van der Waals surface area contributed by atoms with Gasteiger partial charge in [-0.15, -0.1) is 0 Å². The molecule has 0 spiro atoms. The standard InChI is InChI=1S/C13H16N2O2/c1-9-6-7-17-13(9)12(15-14)10-4-3-5-11(8-10)16-2/h3-8,12,15H,14H2,1-2H3. The van der Waals surface area contributed by atoms with Gasteiger partial charge in [-0.2, -0.15) is 0 Å². The molecule has 3 N–H and O–H groups in total. The Balaban J connectivity index is 2.38. The van der Waals surface area contributed by atoms with Crippen molar-refractivity contribution in [2.75, 3.05) is 7.11 Å². The quantitative estimate of drug-likeness (QED) is 0.626. The van der Waals surface area contributed by atoms with E-state index in [0.29, 0.717) is 0 Å². The number of hydrogen-bond donors (Lipinski definition) is 2. The van der Waals surface area contributed by atoms with E-state index in [9.17, 15) is 0 Å². The van der Waals surface area contributed by atoms with Gasteiger partial charge in [0.25, 0.3) is 0 Å². The predicted octanol–water partition coefficient (Wildman–Crippen LogP) is 2.15. The number of hydrazine groups is 1. The van der Waals surface area contributed by atoms with Gasteiger partial charge in [0.2, 0.25) is 0 Å². The molecule has 0 bridgehead atoms. The number of aryl methyl sites for hydroxylation is 1. The smallest absolute Gasteiger partial charge is 0.129 e. The molecule has 0 radical (unpaired) electrons. The van der Waals surface area contributed by atoms with Gasteiger partial charge in [0.1, 0.15) is 17.6 Å². The third kappa shape index (κ3) is 2.33. The normalized spacial score (nSPS) is 12.4. The minimum Gasteiger partial charge on any atom is -0.497 e. The van der Waals surface area contributed by atoms with Crippen LogP contribution in [0.4, 0.5) is 0 Å². The van der Waals surface area contributed by atoms with Gasteiger partial charge < -0.3 is 9.15 Å². The van der Waals surface area contributed by atoms with E-state index in [1.54, 1.807) is 13.4 Å². The summed E-state index contributed by atoms with van der Waals surface area (Å²) in [6.07, 6.45) is 1.66. The molecule has 4 nitrogen and oxygen atoms in total. The highest BCUT2D eigenvalue weighted by Gasteiger charge is 2.18. The van der Waals surface area contributed by atoms with Gasteiger partial charge in [0.05, 0.1) is 13.4 Å². The maximum Gasteiger partial charge on any atom is 0.129 e. The van der Waals surface area contributed by atoms with Crippen molar-refractivity contribution >= 4 is 0 Å². The maximum atomic E-state index is 5.61. The predicted molar refractivity (Wildman–Crippen MR) is 65.6 cm³/mol. The Bertz CT molecular complexity index is 494. The highest BCUT2D eigenvalue weighted by atomic mass is 16.5. The molecular formula is C13H16N2O2. The molecule has 1 aromatic heterocycles. The van der Waals surface area contributed by atoms with Crippen LogP contribution in [0, 0.1) is 6.92 Å². The van der Waals surface area contributed by atoms with Crippen LogP contribution in [0.1, 0.15) is 22.9 Å². The van der Waals surface area contributed by atoms with E-state index in [-0.39, 0.29) is 6.04 Å². The average molecular weight is 232 g/mol. The highest BCUT2D eigenvalue weighted by molar-refractivity contribution is 5.35. The van der Waals surface area contributed by atoms with Gasteiger partial charge in [-0.1, -0.05) is 12.1 Å². The summed E-state index contributed by atoms with van der Waals surface area (Å²) in [6, 6.07) is 9.49. The second-order valence-electron chi connectivity index (χ2n) is 3.84. The lowest BCUT2D eigenvalue weighted by Crippen LogP contribution is -2.29. The van der Waals surface area contributed by atoms with E-state index in [2.05, 4.69) is 5.43 Å². The zero-order chi connectivity index (χ0) is 12.3. The lowest BCUT2D eigenvalue weighted by atomic mass is 10.0. The second kappa shape index (κ2) is 5.03. The molecule has 0 amide bonds. The topological polar surface area (TPSA) is 60.4 Å². The van der Waals surface area contributed by atoms with E-state index in [4.69, 9.17) is 15.0 Å². The number of nitrogens with two attached hydrogens (primary N) is 1. The van der Waals surface area contributed by atoms with Crippen LogP contribution in [0.15, 0.2) is 41.0 Å². The number of furan rings is 1. The number of hydrogen-bond acceptors (Lipinski definition) is 4. The van der Waals surface area contributed by atoms with Gasteiger partial charge in [-0.05, 0) is 36.2 Å². The summed E-state index contributed by atoms with van der Waals surface area (Å²) in [5.41, 5.74) is 4.83. The molecule has 0 aliphatic carbocycles. The minimum absolute atomic E-state index is 0.167. The Hall–Kier alpha value is -1.78. The number of ether oxygens (including phenoxy) is 1. The summed E-state index contributed by atoms with van der Waals surface area (Å²) in [5.74, 6) is 7.22. The molecule has 4 heteroatoms. The van der Waals surface area contributed by atoms with Crippen LogP contribution in [-0.4, -0.2) is 7.11 Å². The molecule has 2 rings (SSSR count). The molecule has 17 heavy (non-hydrogen) atoms. The Kier molecular flexibility index (Phi) is 3.46. The van der Waals surface area contributed by atoms with Gasteiger partial charge in [-0.25, -0.2) is 5.43 Å². The number of benzene rings is 1. The van der Waals surface area contributed by atoms with Crippen molar-refractivity contribution in [2.45, 2.75) is 13.0 Å². The third-order valence-electron chi connectivity index (χ3n) is 2.76. The molecule has 0 saturated heterocycles. The molecule has 0 fully saturated rings. The summed E-state index contributed by atoms with van der Waals surface area (Å²) in [5, 5.41) is 0. The van der Waals surface area contributed by atoms with Crippen molar-refractivity contribution in [3.8, 4) is 5.75 Å². The van der Waals surface area contributed by atoms with E-state index < -0.39 is 0 Å². The van der Waals surface area contributed by atoms with Crippen LogP contribution in [0.25, 0.3) is 0 Å². The monoisotopic (exact) mass is 232 g/mol. The molecule has 0 saturated carbocycles. The SMILES string of the molecule is COc1cccc(C(NN)c2occc2C)c1. The molecule has 1 atom stereocenters. The van der Waals surface area contributed by atoms with Crippen LogP contribution in [0.2, 0.25) is 0 Å². The lowest BCUT2D eigenvalue weighted by Gasteiger charge is -2.15. The summed E-state index contributed by atoms with van der Waals surface area (Å²) < 4.78 is 10.7. The molecule has 1 aromatic carbocycles. The zero-order valence-corrected chi connectivity index (χ0v) is 9.94. The summed E-state index contributed by atoms with van der Waals surface area (Å²) in [4.78, 5) is 0. The van der Waals surface area contributed by atoms with E-state index in [1.165, 1.54) is 0 Å². The molecule has 0 aliphatic heterocycles. The minimum atomic E-state index is -0.167. The van der Waals surface area contributed by atoms with Gasteiger partial charge in [-0.3, -0.25) is 5.84 Å². The molecule has 1 heterocycles. The Labute approximate surface area is 100 Å². The maximum absolute atomic E-state index is 5.61. The molecule has 2 aromatic rings. The Morgan fingerprint density at radius 3 is 2.76 bits per heavy atom. The van der Waals surface area contributed by atoms with Crippen LogP contribution < -0.4 is 16.0 Å². The Morgan fingerprint density at radius 1 is 1.35 bits per heavy atom. The Morgan fingerprint density at radius 2 is 2.18 bits per heavy atom. The molecular weight excluding hydrogens is 216 g/mol. The molecule has 0 aliphatic rings. The first-order valence-electron chi connectivity index (χ1n) is 5.40. The summed E-state index contributed by atoms with van der Waals surface area (Å²) in [6.45, 7) is 1.99. The first-order valence-corrected chi connectivity index (χ1v) is 5.40. The van der Waals surface area contributed by atoms with Crippen LogP contribution >= 0.6 is 0 Å². The average Bonchev–Trinajstić information content (AvgIpc) is 2.77. The van der Waals surface area contributed by atoms with Gasteiger partial charge in [0, 0.05) is 0 Å². The van der Waals surface area contributed by atoms with Crippen molar-refractivity contribution in [2.24, 2.45) is 5.84 Å². The fourth-order valence-electron chi connectivity index (χ4n) is 1.82. The first-order chi connectivity index (χ1) is 8.26. The van der Waals surface area contributed by atoms with Gasteiger partial charge in [0.15, 0.2) is 0 Å². The number of methoxy groups -OCH3 is 1. The highest BCUT2D eigenvalue weighted by Crippen LogP contribution is 2.27. The van der Waals surface area contributed by atoms with Gasteiger partial charge >= 0.3 is 0 Å². The van der Waals surface area contributed by atoms with Crippen molar-refractivity contribution in [1.29, 1.82) is 0 Å². The second-order valence-corrected chi connectivity index (χ2v) is 3.84. The van der Waals surface area contributed by atoms with Crippen molar-refractivity contribution < 1.29 is 9.15 Å². The largest absolute Gasteiger partial charge is 0.497 e.